The van der Waals surface area contributed by atoms with E-state index in [1.807, 2.05) is 0 Å². The summed E-state index contributed by atoms with van der Waals surface area (Å²) in [6.45, 7) is 1.78. The quantitative estimate of drug-likeness (QED) is 0.316. The zero-order valence-electron chi connectivity index (χ0n) is 21.7. The Morgan fingerprint density at radius 3 is 1.73 bits per heavy atom. The van der Waals surface area contributed by atoms with Crippen LogP contribution in [0.3, 0.4) is 0 Å². The van der Waals surface area contributed by atoms with Crippen LogP contribution < -0.4 is 10.1 Å². The number of rotatable bonds is 8. The van der Waals surface area contributed by atoms with E-state index in [0.717, 1.165) is 25.7 Å². The van der Waals surface area contributed by atoms with Gasteiger partial charge in [-0.25, -0.2) is 21.6 Å². The third-order valence-electron chi connectivity index (χ3n) is 6.91. The number of sulfonamides is 2. The van der Waals surface area contributed by atoms with Crippen LogP contribution in [0.15, 0.2) is 82.6 Å². The highest BCUT2D eigenvalue weighted by Gasteiger charge is 2.29. The molecule has 3 aromatic carbocycles. The lowest BCUT2D eigenvalue weighted by atomic mass is 10.2. The van der Waals surface area contributed by atoms with E-state index in [1.54, 1.807) is 18.2 Å². The summed E-state index contributed by atoms with van der Waals surface area (Å²) >= 11 is 0. The minimum absolute atomic E-state index is 0.00852. The first-order chi connectivity index (χ1) is 19.2. The molecule has 12 heteroatoms. The van der Waals surface area contributed by atoms with Crippen molar-refractivity contribution in [1.29, 1.82) is 0 Å². The fourth-order valence-corrected chi connectivity index (χ4v) is 7.88. The first kappa shape index (κ1) is 28.0. The summed E-state index contributed by atoms with van der Waals surface area (Å²) in [6.07, 6.45) is 3.19. The lowest BCUT2D eigenvalue weighted by molar-refractivity contribution is 0.0734. The molecule has 0 radical (unpaired) electrons. The van der Waals surface area contributed by atoms with Gasteiger partial charge in [-0.3, -0.25) is 4.79 Å². The highest BCUT2D eigenvalue weighted by atomic mass is 32.2. The summed E-state index contributed by atoms with van der Waals surface area (Å²) in [5.74, 6) is -1.32. The molecule has 0 atom stereocenters. The summed E-state index contributed by atoms with van der Waals surface area (Å²) in [5, 5.41) is 2.68. The molecule has 0 aliphatic carbocycles. The number of hydrogen-bond donors (Lipinski definition) is 1. The fraction of sp³-hybridized carbons (Fsp3) is 0.286. The molecule has 10 nitrogen and oxygen atoms in total. The monoisotopic (exact) mass is 583 g/mol. The maximum Gasteiger partial charge on any atom is 0.343 e. The molecule has 210 valence electrons. The van der Waals surface area contributed by atoms with E-state index in [4.69, 9.17) is 4.74 Å². The van der Waals surface area contributed by atoms with Gasteiger partial charge in [-0.2, -0.15) is 8.61 Å². The average molecular weight is 584 g/mol. The number of ether oxygens (including phenoxy) is 1. The standard InChI is InChI=1S/C28H29N3O7S2/c32-27(21-9-7-11-23(19-21)39(34,35)30-15-3-4-16-30)29-25-13-1-2-14-26(25)38-28(33)22-10-8-12-24(20-22)40(36,37)31-17-5-6-18-31/h1-2,7-14,19-20H,3-6,15-18H2,(H,29,32). The number of carbonyl (C=O) groups excluding carboxylic acids is 2. The van der Waals surface area contributed by atoms with E-state index in [1.165, 1.54) is 63.2 Å². The van der Waals surface area contributed by atoms with Gasteiger partial charge in [0.25, 0.3) is 5.91 Å². The van der Waals surface area contributed by atoms with Crippen molar-refractivity contribution >= 4 is 37.6 Å². The second kappa shape index (κ2) is 11.5. The fourth-order valence-electron chi connectivity index (χ4n) is 4.75. The van der Waals surface area contributed by atoms with Gasteiger partial charge in [0.1, 0.15) is 0 Å². The molecule has 2 aliphatic rings. The number of para-hydroxylation sites is 2. The van der Waals surface area contributed by atoms with E-state index in [9.17, 15) is 26.4 Å². The van der Waals surface area contributed by atoms with E-state index in [-0.39, 0.29) is 32.4 Å². The SMILES string of the molecule is O=C(Nc1ccccc1OC(=O)c1cccc(S(=O)(=O)N2CCCC2)c1)c1cccc(S(=O)(=O)N2CCCC2)c1. The summed E-state index contributed by atoms with van der Waals surface area (Å²) in [6, 6.07) is 17.7. The topological polar surface area (TPSA) is 130 Å². The number of carbonyl (C=O) groups is 2. The molecular weight excluding hydrogens is 554 g/mol. The second-order valence-electron chi connectivity index (χ2n) is 9.62. The lowest BCUT2D eigenvalue weighted by Gasteiger charge is -2.16. The predicted octanol–water partition coefficient (Wildman–Crippen LogP) is 3.73. The van der Waals surface area contributed by atoms with Crippen LogP contribution in [0.1, 0.15) is 46.4 Å². The van der Waals surface area contributed by atoms with Crippen LogP contribution in [-0.2, 0) is 20.0 Å². The van der Waals surface area contributed by atoms with Crippen molar-refractivity contribution in [3.05, 3.63) is 83.9 Å². The van der Waals surface area contributed by atoms with E-state index in [2.05, 4.69) is 5.32 Å². The summed E-state index contributed by atoms with van der Waals surface area (Å²) in [5.41, 5.74) is 0.358. The van der Waals surface area contributed by atoms with Gasteiger partial charge in [-0.1, -0.05) is 24.3 Å². The highest BCUT2D eigenvalue weighted by Crippen LogP contribution is 2.28. The molecular formula is C28H29N3O7S2. The number of esters is 1. The Morgan fingerprint density at radius 2 is 1.15 bits per heavy atom. The largest absolute Gasteiger partial charge is 0.421 e. The van der Waals surface area contributed by atoms with Crippen molar-refractivity contribution < 1.29 is 31.2 Å². The zero-order chi connectivity index (χ0) is 28.3. The molecule has 3 aromatic rings. The summed E-state index contributed by atoms with van der Waals surface area (Å²) in [7, 11) is -7.42. The first-order valence-corrected chi connectivity index (χ1v) is 15.9. The van der Waals surface area contributed by atoms with Crippen LogP contribution in [0.2, 0.25) is 0 Å². The van der Waals surface area contributed by atoms with Crippen LogP contribution in [0.4, 0.5) is 5.69 Å². The molecule has 5 rings (SSSR count). The molecule has 0 spiro atoms. The van der Waals surface area contributed by atoms with Gasteiger partial charge < -0.3 is 10.1 Å². The Labute approximate surface area is 233 Å². The van der Waals surface area contributed by atoms with E-state index < -0.39 is 31.9 Å². The minimum Gasteiger partial charge on any atom is -0.421 e. The van der Waals surface area contributed by atoms with E-state index >= 15 is 0 Å². The lowest BCUT2D eigenvalue weighted by Crippen LogP contribution is -2.28. The van der Waals surface area contributed by atoms with Gasteiger partial charge in [-0.15, -0.1) is 0 Å². The number of nitrogens with zero attached hydrogens (tertiary/aromatic N) is 2. The Balaban J connectivity index is 1.33. The van der Waals surface area contributed by atoms with Crippen LogP contribution in [0.25, 0.3) is 0 Å². The highest BCUT2D eigenvalue weighted by molar-refractivity contribution is 7.89. The number of benzene rings is 3. The molecule has 40 heavy (non-hydrogen) atoms. The molecule has 1 N–H and O–H groups in total. The smallest absolute Gasteiger partial charge is 0.343 e. The van der Waals surface area contributed by atoms with Crippen molar-refractivity contribution in [2.75, 3.05) is 31.5 Å². The number of hydrogen-bond acceptors (Lipinski definition) is 7. The summed E-state index contributed by atoms with van der Waals surface area (Å²) < 4.78 is 60.1. The third kappa shape index (κ3) is 5.80. The van der Waals surface area contributed by atoms with Crippen molar-refractivity contribution in [3.63, 3.8) is 0 Å². The van der Waals surface area contributed by atoms with Crippen molar-refractivity contribution in [1.82, 2.24) is 8.61 Å². The minimum atomic E-state index is -3.72. The molecule has 0 saturated carbocycles. The van der Waals surface area contributed by atoms with Crippen LogP contribution in [0.5, 0.6) is 5.75 Å². The normalized spacial score (nSPS) is 16.6. The van der Waals surface area contributed by atoms with Crippen molar-refractivity contribution in [2.45, 2.75) is 35.5 Å². The third-order valence-corrected chi connectivity index (χ3v) is 10.7. The van der Waals surface area contributed by atoms with Gasteiger partial charge in [-0.05, 0) is 74.2 Å². The van der Waals surface area contributed by atoms with Crippen LogP contribution >= 0.6 is 0 Å². The number of nitrogens with one attached hydrogen (secondary N) is 1. The molecule has 0 unspecified atom stereocenters. The maximum absolute atomic E-state index is 13.1. The van der Waals surface area contributed by atoms with Gasteiger partial charge in [0.2, 0.25) is 20.0 Å². The molecule has 0 aromatic heterocycles. The molecule has 2 heterocycles. The Hall–Kier alpha value is -3.58. The average Bonchev–Trinajstić information content (AvgIpc) is 3.70. The number of amides is 1. The second-order valence-corrected chi connectivity index (χ2v) is 13.5. The van der Waals surface area contributed by atoms with E-state index in [0.29, 0.717) is 26.2 Å². The zero-order valence-corrected chi connectivity index (χ0v) is 23.3. The maximum atomic E-state index is 13.1. The van der Waals surface area contributed by atoms with Gasteiger partial charge in [0, 0.05) is 31.7 Å². The predicted molar refractivity (Wildman–Crippen MR) is 148 cm³/mol. The van der Waals surface area contributed by atoms with Crippen molar-refractivity contribution in [2.24, 2.45) is 0 Å². The van der Waals surface area contributed by atoms with Crippen LogP contribution in [0, 0.1) is 0 Å². The van der Waals surface area contributed by atoms with Crippen LogP contribution in [-0.4, -0.2) is 63.5 Å². The number of anilines is 1. The Morgan fingerprint density at radius 1 is 0.650 bits per heavy atom. The summed E-state index contributed by atoms with van der Waals surface area (Å²) in [4.78, 5) is 26.1. The van der Waals surface area contributed by atoms with Gasteiger partial charge >= 0.3 is 5.97 Å². The van der Waals surface area contributed by atoms with Gasteiger partial charge in [0.15, 0.2) is 5.75 Å². The molecule has 1 amide bonds. The Kier molecular flexibility index (Phi) is 8.04. The first-order valence-electron chi connectivity index (χ1n) is 13.0. The molecule has 0 bridgehead atoms. The van der Waals surface area contributed by atoms with Gasteiger partial charge in [0.05, 0.1) is 21.0 Å². The molecule has 2 saturated heterocycles. The molecule has 2 aliphatic heterocycles. The Bertz CT molecular complexity index is 1520. The van der Waals surface area contributed by atoms with Crippen molar-refractivity contribution in [3.8, 4) is 5.75 Å². The molecule has 2 fully saturated rings.